The van der Waals surface area contributed by atoms with Gasteiger partial charge in [0.25, 0.3) is 0 Å². The predicted octanol–water partition coefficient (Wildman–Crippen LogP) is 1.75. The van der Waals surface area contributed by atoms with Gasteiger partial charge in [0, 0.05) is 32.2 Å². The van der Waals surface area contributed by atoms with Gasteiger partial charge < -0.3 is 25.4 Å². The van der Waals surface area contributed by atoms with Crippen LogP contribution in [0.3, 0.4) is 0 Å². The minimum absolute atomic E-state index is 0.0341. The Balaban J connectivity index is 1.65. The van der Waals surface area contributed by atoms with Crippen molar-refractivity contribution < 1.29 is 18.6 Å². The third kappa shape index (κ3) is 8.09. The zero-order chi connectivity index (χ0) is 19.5. The Labute approximate surface area is 159 Å². The normalized spacial score (nSPS) is 16.4. The Kier molecular flexibility index (Phi) is 9.27. The van der Waals surface area contributed by atoms with E-state index >= 15 is 0 Å². The molecule has 1 aromatic rings. The topological polar surface area (TPSA) is 69.1 Å². The highest BCUT2D eigenvalue weighted by Gasteiger charge is 2.15. The number of guanidine groups is 1. The van der Waals surface area contributed by atoms with E-state index in [1.165, 1.54) is 12.1 Å². The molecule has 0 unspecified atom stereocenters. The van der Waals surface area contributed by atoms with E-state index < -0.39 is 11.6 Å². The zero-order valence-electron chi connectivity index (χ0n) is 15.9. The zero-order valence-corrected chi connectivity index (χ0v) is 15.9. The summed E-state index contributed by atoms with van der Waals surface area (Å²) >= 11 is 0. The first-order valence-electron chi connectivity index (χ1n) is 9.59. The van der Waals surface area contributed by atoms with Crippen molar-refractivity contribution in [1.82, 2.24) is 15.5 Å². The van der Waals surface area contributed by atoms with Crippen LogP contribution in [0.1, 0.15) is 26.2 Å². The molecule has 0 spiro atoms. The number of likely N-dealkylation sites (tertiary alicyclic amines) is 1. The Morgan fingerprint density at radius 2 is 2.07 bits per heavy atom. The SMILES string of the molecule is CCNC(=NCCCN1CCC(O)CC1)NCCOc1ccc(F)cc1F. The van der Waals surface area contributed by atoms with Crippen molar-refractivity contribution in [1.29, 1.82) is 0 Å². The smallest absolute Gasteiger partial charge is 0.191 e. The van der Waals surface area contributed by atoms with Gasteiger partial charge in [0.2, 0.25) is 0 Å². The van der Waals surface area contributed by atoms with E-state index in [0.717, 1.165) is 51.5 Å². The van der Waals surface area contributed by atoms with Gasteiger partial charge in [0.05, 0.1) is 12.6 Å². The number of nitrogens with one attached hydrogen (secondary N) is 2. The predicted molar refractivity (Wildman–Crippen MR) is 102 cm³/mol. The van der Waals surface area contributed by atoms with Crippen LogP contribution in [0.25, 0.3) is 0 Å². The summed E-state index contributed by atoms with van der Waals surface area (Å²) in [5, 5.41) is 15.8. The van der Waals surface area contributed by atoms with Gasteiger partial charge in [-0.15, -0.1) is 0 Å². The van der Waals surface area contributed by atoms with Crippen molar-refractivity contribution >= 4 is 5.96 Å². The van der Waals surface area contributed by atoms with E-state index in [1.807, 2.05) is 6.92 Å². The summed E-state index contributed by atoms with van der Waals surface area (Å²) in [6, 6.07) is 3.25. The number of aliphatic hydroxyl groups is 1. The number of ether oxygens (including phenoxy) is 1. The molecule has 1 aromatic carbocycles. The van der Waals surface area contributed by atoms with Gasteiger partial charge in [-0.1, -0.05) is 0 Å². The molecule has 3 N–H and O–H groups in total. The Morgan fingerprint density at radius 3 is 2.78 bits per heavy atom. The number of hydrogen-bond acceptors (Lipinski definition) is 4. The molecule has 27 heavy (non-hydrogen) atoms. The first-order valence-corrected chi connectivity index (χ1v) is 9.59. The van der Waals surface area contributed by atoms with Crippen LogP contribution in [0, 0.1) is 11.6 Å². The second kappa shape index (κ2) is 11.7. The number of hydrogen-bond donors (Lipinski definition) is 3. The van der Waals surface area contributed by atoms with Crippen LogP contribution in [0.5, 0.6) is 5.75 Å². The minimum atomic E-state index is -0.708. The number of rotatable bonds is 9. The number of aliphatic hydroxyl groups excluding tert-OH is 1. The standard InChI is InChI=1S/C19H30F2N4O2/c1-2-22-19(23-8-3-10-25-11-6-16(26)7-12-25)24-9-13-27-18-5-4-15(20)14-17(18)21/h4-5,14,16,26H,2-3,6-13H2,1H3,(H2,22,23,24). The molecule has 0 aromatic heterocycles. The lowest BCUT2D eigenvalue weighted by atomic mass is 10.1. The van der Waals surface area contributed by atoms with E-state index in [9.17, 15) is 13.9 Å². The maximum atomic E-state index is 13.5. The summed E-state index contributed by atoms with van der Waals surface area (Å²) in [6.07, 6.45) is 2.50. The fourth-order valence-electron chi connectivity index (χ4n) is 2.89. The molecule has 8 heteroatoms. The van der Waals surface area contributed by atoms with Crippen molar-refractivity contribution in [2.24, 2.45) is 4.99 Å². The van der Waals surface area contributed by atoms with E-state index in [2.05, 4.69) is 20.5 Å². The molecule has 0 amide bonds. The van der Waals surface area contributed by atoms with Gasteiger partial charge in [0.1, 0.15) is 12.4 Å². The third-order valence-electron chi connectivity index (χ3n) is 4.35. The molecule has 0 atom stereocenters. The third-order valence-corrected chi connectivity index (χ3v) is 4.35. The summed E-state index contributed by atoms with van der Waals surface area (Å²) in [7, 11) is 0. The second-order valence-corrected chi connectivity index (χ2v) is 6.54. The van der Waals surface area contributed by atoms with Crippen molar-refractivity contribution in [2.45, 2.75) is 32.3 Å². The fourth-order valence-corrected chi connectivity index (χ4v) is 2.89. The Morgan fingerprint density at radius 1 is 1.30 bits per heavy atom. The van der Waals surface area contributed by atoms with E-state index in [1.54, 1.807) is 0 Å². The van der Waals surface area contributed by atoms with Gasteiger partial charge in [-0.05, 0) is 44.9 Å². The van der Waals surface area contributed by atoms with Gasteiger partial charge in [-0.3, -0.25) is 4.99 Å². The molecule has 1 aliphatic heterocycles. The molecule has 0 bridgehead atoms. The molecule has 1 aliphatic rings. The van der Waals surface area contributed by atoms with E-state index in [-0.39, 0.29) is 18.5 Å². The second-order valence-electron chi connectivity index (χ2n) is 6.54. The fraction of sp³-hybridized carbons (Fsp3) is 0.632. The van der Waals surface area contributed by atoms with E-state index in [0.29, 0.717) is 19.0 Å². The summed E-state index contributed by atoms with van der Waals surface area (Å²) in [4.78, 5) is 6.88. The lowest BCUT2D eigenvalue weighted by Crippen LogP contribution is -2.39. The van der Waals surface area contributed by atoms with Gasteiger partial charge >= 0.3 is 0 Å². The average molecular weight is 384 g/mol. The Bertz CT molecular complexity index is 593. The van der Waals surface area contributed by atoms with Crippen molar-refractivity contribution in [3.05, 3.63) is 29.8 Å². The van der Waals surface area contributed by atoms with Crippen LogP contribution in [0.2, 0.25) is 0 Å². The van der Waals surface area contributed by atoms with Crippen molar-refractivity contribution in [2.75, 3.05) is 45.9 Å². The average Bonchev–Trinajstić information content (AvgIpc) is 2.65. The molecule has 1 saturated heterocycles. The van der Waals surface area contributed by atoms with Crippen molar-refractivity contribution in [3.8, 4) is 5.75 Å². The molecule has 1 heterocycles. The van der Waals surface area contributed by atoms with Crippen LogP contribution in [-0.4, -0.2) is 67.9 Å². The molecule has 6 nitrogen and oxygen atoms in total. The largest absolute Gasteiger partial charge is 0.489 e. The highest BCUT2D eigenvalue weighted by Crippen LogP contribution is 2.17. The number of nitrogens with zero attached hydrogens (tertiary/aromatic N) is 2. The lowest BCUT2D eigenvalue weighted by Gasteiger charge is -2.29. The number of aliphatic imine (C=N–C) groups is 1. The van der Waals surface area contributed by atoms with Gasteiger partial charge in [0.15, 0.2) is 17.5 Å². The quantitative estimate of drug-likeness (QED) is 0.344. The van der Waals surface area contributed by atoms with Crippen LogP contribution >= 0.6 is 0 Å². The highest BCUT2D eigenvalue weighted by molar-refractivity contribution is 5.79. The van der Waals surface area contributed by atoms with Gasteiger partial charge in [-0.25, -0.2) is 8.78 Å². The number of halogens is 2. The first kappa shape index (κ1) is 21.4. The maximum Gasteiger partial charge on any atom is 0.191 e. The maximum absolute atomic E-state index is 13.5. The first-order chi connectivity index (χ1) is 13.1. The van der Waals surface area contributed by atoms with Crippen LogP contribution < -0.4 is 15.4 Å². The molecule has 1 fully saturated rings. The number of piperidine rings is 1. The molecular weight excluding hydrogens is 354 g/mol. The summed E-state index contributed by atoms with van der Waals surface area (Å²) in [5.74, 6) is -0.609. The monoisotopic (exact) mass is 384 g/mol. The van der Waals surface area contributed by atoms with Crippen molar-refractivity contribution in [3.63, 3.8) is 0 Å². The van der Waals surface area contributed by atoms with E-state index in [4.69, 9.17) is 4.74 Å². The molecule has 0 aliphatic carbocycles. The summed E-state index contributed by atoms with van der Waals surface area (Å²) in [6.45, 7) is 6.98. The molecule has 0 saturated carbocycles. The molecule has 152 valence electrons. The lowest BCUT2D eigenvalue weighted by molar-refractivity contribution is 0.0824. The summed E-state index contributed by atoms with van der Waals surface area (Å²) < 4.78 is 31.7. The molecule has 0 radical (unpaired) electrons. The molecule has 2 rings (SSSR count). The van der Waals surface area contributed by atoms with Crippen LogP contribution in [0.15, 0.2) is 23.2 Å². The Hall–Kier alpha value is -1.93. The number of benzene rings is 1. The van der Waals surface area contributed by atoms with Gasteiger partial charge in [-0.2, -0.15) is 0 Å². The van der Waals surface area contributed by atoms with Crippen LogP contribution in [-0.2, 0) is 0 Å². The minimum Gasteiger partial charge on any atom is -0.489 e. The molecular formula is C19H30F2N4O2. The highest BCUT2D eigenvalue weighted by atomic mass is 19.1. The summed E-state index contributed by atoms with van der Waals surface area (Å²) in [5.41, 5.74) is 0. The van der Waals surface area contributed by atoms with Crippen LogP contribution in [0.4, 0.5) is 8.78 Å².